The summed E-state index contributed by atoms with van der Waals surface area (Å²) in [6.45, 7) is 3.69. The number of fused-ring (bicyclic) bond motifs is 2. The summed E-state index contributed by atoms with van der Waals surface area (Å²) >= 11 is 0. The van der Waals surface area contributed by atoms with Crippen LogP contribution in [0, 0.1) is 16.7 Å². The van der Waals surface area contributed by atoms with Gasteiger partial charge in [0.25, 0.3) is 0 Å². The van der Waals surface area contributed by atoms with Crippen molar-refractivity contribution in [3.63, 3.8) is 0 Å². The van der Waals surface area contributed by atoms with Gasteiger partial charge in [-0.1, -0.05) is 32.0 Å². The smallest absolute Gasteiger partial charge is 0.239 e. The second-order valence-electron chi connectivity index (χ2n) is 7.95. The van der Waals surface area contributed by atoms with E-state index in [2.05, 4.69) is 15.5 Å². The van der Waals surface area contributed by atoms with E-state index in [-0.39, 0.29) is 5.92 Å². The van der Waals surface area contributed by atoms with Crippen molar-refractivity contribution >= 4 is 34.5 Å². The van der Waals surface area contributed by atoms with Crippen molar-refractivity contribution in [2.24, 2.45) is 27.0 Å². The summed E-state index contributed by atoms with van der Waals surface area (Å²) in [5.41, 5.74) is 0.0365. The van der Waals surface area contributed by atoms with Crippen molar-refractivity contribution in [3.05, 3.63) is 54.6 Å². The van der Waals surface area contributed by atoms with Gasteiger partial charge < -0.3 is 5.32 Å². The highest BCUT2D eigenvalue weighted by Crippen LogP contribution is 2.62. The molecule has 6 heteroatoms. The minimum absolute atomic E-state index is 0.355. The lowest BCUT2D eigenvalue weighted by atomic mass is 9.68. The number of azo groups is 1. The van der Waals surface area contributed by atoms with Crippen LogP contribution < -0.4 is 5.32 Å². The van der Waals surface area contributed by atoms with E-state index in [1.165, 1.54) is 0 Å². The first kappa shape index (κ1) is 18.2. The fourth-order valence-electron chi connectivity index (χ4n) is 4.54. The highest BCUT2D eigenvalue weighted by molar-refractivity contribution is 6.48. The number of hydrogen-bond acceptors (Lipinski definition) is 5. The van der Waals surface area contributed by atoms with Gasteiger partial charge in [0.05, 0.1) is 11.4 Å². The maximum atomic E-state index is 13.0. The van der Waals surface area contributed by atoms with Crippen molar-refractivity contribution in [1.82, 2.24) is 0 Å². The van der Waals surface area contributed by atoms with Crippen LogP contribution in [-0.2, 0) is 14.4 Å². The number of nitrogens with zero attached hydrogens (tertiary/aromatic N) is 2. The molecule has 2 bridgehead atoms. The predicted octanol–water partition coefficient (Wildman–Crippen LogP) is 4.61. The molecule has 2 fully saturated rings. The summed E-state index contributed by atoms with van der Waals surface area (Å²) in [5, 5.41) is 11.1. The van der Waals surface area contributed by atoms with E-state index < -0.39 is 28.3 Å². The molecule has 0 saturated heterocycles. The second kappa shape index (κ2) is 6.48. The summed E-state index contributed by atoms with van der Waals surface area (Å²) in [4.78, 5) is 37.8. The number of amides is 1. The third-order valence-corrected chi connectivity index (χ3v) is 6.26. The summed E-state index contributed by atoms with van der Waals surface area (Å²) in [5.74, 6) is -1.69. The molecule has 0 heterocycles. The van der Waals surface area contributed by atoms with Gasteiger partial charge in [-0.3, -0.25) is 14.4 Å². The maximum absolute atomic E-state index is 13.0. The normalized spacial score (nSPS) is 25.4. The molecule has 0 aliphatic heterocycles. The molecule has 2 saturated carbocycles. The summed E-state index contributed by atoms with van der Waals surface area (Å²) in [6, 6.07) is 16.3. The Balaban J connectivity index is 1.51. The minimum atomic E-state index is -1.26. The largest absolute Gasteiger partial charge is 0.325 e. The van der Waals surface area contributed by atoms with Crippen molar-refractivity contribution in [2.45, 2.75) is 26.7 Å². The molecular formula is C22H21N3O3. The van der Waals surface area contributed by atoms with E-state index in [4.69, 9.17) is 0 Å². The van der Waals surface area contributed by atoms with Crippen LogP contribution in [0.5, 0.6) is 0 Å². The number of ketones is 2. The van der Waals surface area contributed by atoms with Gasteiger partial charge in [-0.15, -0.1) is 0 Å². The monoisotopic (exact) mass is 375 g/mol. The lowest BCUT2D eigenvalue weighted by Crippen LogP contribution is -2.47. The Labute approximate surface area is 163 Å². The van der Waals surface area contributed by atoms with Crippen LogP contribution in [0.4, 0.5) is 17.1 Å². The molecule has 28 heavy (non-hydrogen) atoms. The fourth-order valence-corrected chi connectivity index (χ4v) is 4.54. The van der Waals surface area contributed by atoms with Crippen LogP contribution in [0.15, 0.2) is 64.8 Å². The SMILES string of the molecule is CC1(C)C2CCC1(C(=O)Nc1ccc(N=Nc3ccccc3)cc1)C(=O)C2=O. The van der Waals surface area contributed by atoms with E-state index in [0.717, 1.165) is 5.69 Å². The Bertz CT molecular complexity index is 980. The lowest BCUT2D eigenvalue weighted by Gasteiger charge is -2.33. The Hall–Kier alpha value is -3.15. The van der Waals surface area contributed by atoms with Gasteiger partial charge in [0.1, 0.15) is 5.41 Å². The number of Topliss-reactive ketones (excluding diaryl/α,β-unsaturated/α-hetero) is 2. The van der Waals surface area contributed by atoms with E-state index in [1.54, 1.807) is 24.3 Å². The van der Waals surface area contributed by atoms with Crippen LogP contribution in [-0.4, -0.2) is 17.5 Å². The third kappa shape index (κ3) is 2.59. The van der Waals surface area contributed by atoms with Gasteiger partial charge in [0.2, 0.25) is 17.5 Å². The molecule has 2 aliphatic carbocycles. The number of hydrogen-bond donors (Lipinski definition) is 1. The number of benzene rings is 2. The van der Waals surface area contributed by atoms with Gasteiger partial charge >= 0.3 is 0 Å². The predicted molar refractivity (Wildman–Crippen MR) is 105 cm³/mol. The van der Waals surface area contributed by atoms with Crippen molar-refractivity contribution in [2.75, 3.05) is 5.32 Å². The second-order valence-corrected chi connectivity index (χ2v) is 7.95. The molecule has 0 spiro atoms. The molecule has 2 unspecified atom stereocenters. The molecule has 1 amide bonds. The van der Waals surface area contributed by atoms with Crippen molar-refractivity contribution < 1.29 is 14.4 Å². The molecule has 0 radical (unpaired) electrons. The summed E-state index contributed by atoms with van der Waals surface area (Å²) in [6.07, 6.45) is 1.01. The van der Waals surface area contributed by atoms with Gasteiger partial charge in [-0.05, 0) is 54.7 Å². The zero-order valence-corrected chi connectivity index (χ0v) is 15.8. The maximum Gasteiger partial charge on any atom is 0.239 e. The van der Waals surface area contributed by atoms with Gasteiger partial charge in [0.15, 0.2) is 0 Å². The molecule has 0 aromatic heterocycles. The summed E-state index contributed by atoms with van der Waals surface area (Å²) in [7, 11) is 0. The van der Waals surface area contributed by atoms with Crippen LogP contribution in [0.25, 0.3) is 0 Å². The first-order valence-electron chi connectivity index (χ1n) is 9.33. The van der Waals surface area contributed by atoms with Gasteiger partial charge in [-0.25, -0.2) is 0 Å². The number of rotatable bonds is 4. The average Bonchev–Trinajstić information content (AvgIpc) is 3.05. The molecule has 2 aromatic carbocycles. The molecule has 142 valence electrons. The number of carbonyl (C=O) groups excluding carboxylic acids is 3. The van der Waals surface area contributed by atoms with E-state index >= 15 is 0 Å². The molecule has 4 rings (SSSR count). The Morgan fingerprint density at radius 1 is 0.964 bits per heavy atom. The highest BCUT2D eigenvalue weighted by atomic mass is 16.2. The standard InChI is InChI=1S/C22H21N3O3/c1-21(2)17-12-13-22(21,19(27)18(17)26)20(28)23-14-8-10-16(11-9-14)25-24-15-6-4-3-5-7-15/h3-11,17H,12-13H2,1-2H3,(H,23,28). The third-order valence-electron chi connectivity index (χ3n) is 6.26. The van der Waals surface area contributed by atoms with Crippen molar-refractivity contribution in [1.29, 1.82) is 0 Å². The van der Waals surface area contributed by atoms with Crippen LogP contribution in [0.1, 0.15) is 26.7 Å². The number of carbonyl (C=O) groups is 3. The number of nitrogens with one attached hydrogen (secondary N) is 1. The number of anilines is 1. The zero-order valence-electron chi connectivity index (χ0n) is 15.8. The van der Waals surface area contributed by atoms with Gasteiger partial charge in [0, 0.05) is 11.6 Å². The van der Waals surface area contributed by atoms with E-state index in [1.807, 2.05) is 44.2 Å². The molecular weight excluding hydrogens is 354 g/mol. The molecule has 6 nitrogen and oxygen atoms in total. The molecule has 2 aliphatic rings. The first-order valence-corrected chi connectivity index (χ1v) is 9.33. The van der Waals surface area contributed by atoms with E-state index in [9.17, 15) is 14.4 Å². The van der Waals surface area contributed by atoms with Crippen molar-refractivity contribution in [3.8, 4) is 0 Å². The Morgan fingerprint density at radius 2 is 1.57 bits per heavy atom. The molecule has 1 N–H and O–H groups in total. The zero-order chi connectivity index (χ0) is 19.9. The lowest BCUT2D eigenvalue weighted by molar-refractivity contribution is -0.147. The van der Waals surface area contributed by atoms with Crippen LogP contribution in [0.2, 0.25) is 0 Å². The summed E-state index contributed by atoms with van der Waals surface area (Å²) < 4.78 is 0. The average molecular weight is 375 g/mol. The van der Waals surface area contributed by atoms with E-state index in [0.29, 0.717) is 24.2 Å². The minimum Gasteiger partial charge on any atom is -0.325 e. The quantitative estimate of drug-likeness (QED) is 0.481. The fraction of sp³-hybridized carbons (Fsp3) is 0.318. The van der Waals surface area contributed by atoms with Crippen LogP contribution in [0.3, 0.4) is 0 Å². The molecule has 2 aromatic rings. The first-order chi connectivity index (χ1) is 13.4. The highest BCUT2D eigenvalue weighted by Gasteiger charge is 2.72. The topological polar surface area (TPSA) is 88.0 Å². The van der Waals surface area contributed by atoms with Crippen LogP contribution >= 0.6 is 0 Å². The molecule has 2 atom stereocenters. The Morgan fingerprint density at radius 3 is 2.14 bits per heavy atom. The van der Waals surface area contributed by atoms with Gasteiger partial charge in [-0.2, -0.15) is 10.2 Å². The Kier molecular flexibility index (Phi) is 4.22.